The molecule has 0 aliphatic heterocycles. The van der Waals surface area contributed by atoms with Crippen molar-refractivity contribution in [3.8, 4) is 0 Å². The van der Waals surface area contributed by atoms with E-state index in [0.717, 1.165) is 19.3 Å². The minimum atomic E-state index is -0.195. The molecule has 146 valence electrons. The van der Waals surface area contributed by atoms with Crippen molar-refractivity contribution in [2.45, 2.75) is 97.7 Å². The van der Waals surface area contributed by atoms with Gasteiger partial charge in [-0.25, -0.2) is 0 Å². The van der Waals surface area contributed by atoms with E-state index >= 15 is 0 Å². The van der Waals surface area contributed by atoms with E-state index in [2.05, 4.69) is 26.8 Å². The monoisotopic (exact) mass is 358 g/mol. The summed E-state index contributed by atoms with van der Waals surface area (Å²) in [4.78, 5) is 0. The lowest BCUT2D eigenvalue weighted by Crippen LogP contribution is -2.44. The van der Waals surface area contributed by atoms with E-state index in [1.807, 2.05) is 6.92 Å². The number of rotatable bonds is 3. The Morgan fingerprint density at radius 1 is 1.12 bits per heavy atom. The van der Waals surface area contributed by atoms with Crippen LogP contribution in [0.15, 0.2) is 22.8 Å². The minimum Gasteiger partial charge on any atom is -0.393 e. The molecule has 0 radical (unpaired) electrons. The summed E-state index contributed by atoms with van der Waals surface area (Å²) < 4.78 is 0. The van der Waals surface area contributed by atoms with Crippen LogP contribution in [0.1, 0.15) is 85.5 Å². The molecule has 2 nitrogen and oxygen atoms in total. The number of aliphatic hydroxyl groups excluding tert-OH is 2. The largest absolute Gasteiger partial charge is 0.393 e. The molecule has 7 atom stereocenters. The fraction of sp³-hybridized carbons (Fsp3) is 0.833. The maximum atomic E-state index is 10.2. The minimum absolute atomic E-state index is 0.0690. The third-order valence-electron chi connectivity index (χ3n) is 8.88. The summed E-state index contributed by atoms with van der Waals surface area (Å²) in [6, 6.07) is 0. The molecule has 4 rings (SSSR count). The van der Waals surface area contributed by atoms with Crippen LogP contribution in [0.25, 0.3) is 0 Å². The Balaban J connectivity index is 1.64. The molecule has 0 aromatic rings. The van der Waals surface area contributed by atoms with Crippen molar-refractivity contribution in [2.75, 3.05) is 0 Å². The van der Waals surface area contributed by atoms with Crippen LogP contribution in [0, 0.1) is 28.6 Å². The van der Waals surface area contributed by atoms with E-state index in [0.29, 0.717) is 28.6 Å². The molecule has 1 fully saturated rings. The molecular formula is C24H38O2. The fourth-order valence-corrected chi connectivity index (χ4v) is 7.43. The molecule has 0 aromatic heterocycles. The van der Waals surface area contributed by atoms with E-state index in [1.165, 1.54) is 38.5 Å². The third kappa shape index (κ3) is 2.75. The fourth-order valence-electron chi connectivity index (χ4n) is 7.43. The normalized spacial score (nSPS) is 44.7. The molecule has 2 heteroatoms. The SMILES string of the molecule is CC(O)C[C@@H](C)[C@H]1CC=C2C3=C(CC[C@@]21C)[C@@]1(C)CCC(O)CC1CC3. The lowest BCUT2D eigenvalue weighted by molar-refractivity contribution is 0.0220. The van der Waals surface area contributed by atoms with Crippen LogP contribution in [0.2, 0.25) is 0 Å². The number of hydrogen-bond donors (Lipinski definition) is 2. The molecule has 1 saturated carbocycles. The van der Waals surface area contributed by atoms with Crippen molar-refractivity contribution in [1.82, 2.24) is 0 Å². The van der Waals surface area contributed by atoms with Crippen molar-refractivity contribution in [2.24, 2.45) is 28.6 Å². The van der Waals surface area contributed by atoms with Gasteiger partial charge in [-0.3, -0.25) is 0 Å². The molecule has 26 heavy (non-hydrogen) atoms. The Bertz CT molecular complexity index is 630. The van der Waals surface area contributed by atoms with Gasteiger partial charge in [0.15, 0.2) is 0 Å². The van der Waals surface area contributed by atoms with E-state index in [4.69, 9.17) is 0 Å². The molecule has 4 aliphatic rings. The Hall–Kier alpha value is -0.600. The molecular weight excluding hydrogens is 320 g/mol. The second-order valence-corrected chi connectivity index (χ2v) is 10.5. The van der Waals surface area contributed by atoms with Crippen molar-refractivity contribution in [1.29, 1.82) is 0 Å². The lowest BCUT2D eigenvalue weighted by Gasteiger charge is -2.54. The summed E-state index contributed by atoms with van der Waals surface area (Å²) in [5.41, 5.74) is 5.78. The van der Waals surface area contributed by atoms with Crippen molar-refractivity contribution in [3.63, 3.8) is 0 Å². The first kappa shape index (κ1) is 18.7. The van der Waals surface area contributed by atoms with Gasteiger partial charge in [0.05, 0.1) is 12.2 Å². The molecule has 4 aliphatic carbocycles. The summed E-state index contributed by atoms with van der Waals surface area (Å²) in [5.74, 6) is 1.94. The lowest BCUT2D eigenvalue weighted by atomic mass is 9.51. The predicted molar refractivity (Wildman–Crippen MR) is 107 cm³/mol. The van der Waals surface area contributed by atoms with Gasteiger partial charge in [-0.05, 0) is 104 Å². The maximum Gasteiger partial charge on any atom is 0.0543 e. The summed E-state index contributed by atoms with van der Waals surface area (Å²) in [6.45, 7) is 9.30. The van der Waals surface area contributed by atoms with Gasteiger partial charge in [0.2, 0.25) is 0 Å². The number of allylic oxidation sites excluding steroid dienone is 4. The first-order valence-electron chi connectivity index (χ1n) is 11.1. The van der Waals surface area contributed by atoms with Gasteiger partial charge < -0.3 is 10.2 Å². The number of aliphatic hydroxyl groups is 2. The van der Waals surface area contributed by atoms with Gasteiger partial charge in [0, 0.05) is 0 Å². The first-order valence-corrected chi connectivity index (χ1v) is 11.1. The molecule has 0 amide bonds. The highest BCUT2D eigenvalue weighted by molar-refractivity contribution is 5.49. The second-order valence-electron chi connectivity index (χ2n) is 10.5. The average molecular weight is 359 g/mol. The maximum absolute atomic E-state index is 10.2. The van der Waals surface area contributed by atoms with Gasteiger partial charge in [0.25, 0.3) is 0 Å². The van der Waals surface area contributed by atoms with E-state index < -0.39 is 0 Å². The van der Waals surface area contributed by atoms with E-state index in [9.17, 15) is 10.2 Å². The Labute approximate surface area is 159 Å². The number of fused-ring (bicyclic) bond motifs is 4. The smallest absolute Gasteiger partial charge is 0.0543 e. The van der Waals surface area contributed by atoms with Gasteiger partial charge in [0.1, 0.15) is 0 Å². The standard InChI is InChI=1S/C24H38O2/c1-15(13-16(2)25)20-7-8-21-19-6-5-17-14-18(26)9-11-23(17,3)22(19)10-12-24(20,21)4/h8,15-18,20,25-26H,5-7,9-14H2,1-4H3/t15-,16?,17?,18?,20-,23+,24-/m1/s1. The Morgan fingerprint density at radius 2 is 1.88 bits per heavy atom. The van der Waals surface area contributed by atoms with Crippen LogP contribution in [-0.4, -0.2) is 22.4 Å². The van der Waals surface area contributed by atoms with Gasteiger partial charge >= 0.3 is 0 Å². The molecule has 0 bridgehead atoms. The highest BCUT2D eigenvalue weighted by Crippen LogP contribution is 2.64. The zero-order valence-electron chi connectivity index (χ0n) is 17.2. The zero-order valence-corrected chi connectivity index (χ0v) is 17.2. The number of hydrogen-bond acceptors (Lipinski definition) is 2. The van der Waals surface area contributed by atoms with Crippen LogP contribution in [0.4, 0.5) is 0 Å². The highest BCUT2D eigenvalue weighted by atomic mass is 16.3. The van der Waals surface area contributed by atoms with Gasteiger partial charge in [-0.1, -0.05) is 32.4 Å². The molecule has 0 spiro atoms. The van der Waals surface area contributed by atoms with Crippen LogP contribution in [0.3, 0.4) is 0 Å². The third-order valence-corrected chi connectivity index (χ3v) is 8.88. The molecule has 0 heterocycles. The molecule has 3 unspecified atom stereocenters. The summed E-state index contributed by atoms with van der Waals surface area (Å²) in [6.07, 6.45) is 12.6. The molecule has 0 saturated heterocycles. The van der Waals surface area contributed by atoms with E-state index in [1.54, 1.807) is 16.7 Å². The molecule has 0 aromatic carbocycles. The van der Waals surface area contributed by atoms with Crippen LogP contribution in [-0.2, 0) is 0 Å². The summed E-state index contributed by atoms with van der Waals surface area (Å²) in [7, 11) is 0. The zero-order chi connectivity index (χ0) is 18.7. The van der Waals surface area contributed by atoms with Crippen LogP contribution >= 0.6 is 0 Å². The summed E-state index contributed by atoms with van der Waals surface area (Å²) in [5, 5.41) is 20.1. The average Bonchev–Trinajstić information content (AvgIpc) is 2.92. The van der Waals surface area contributed by atoms with Gasteiger partial charge in [-0.15, -0.1) is 0 Å². The first-order chi connectivity index (χ1) is 12.3. The topological polar surface area (TPSA) is 40.5 Å². The van der Waals surface area contributed by atoms with Crippen molar-refractivity contribution >= 4 is 0 Å². The second kappa shape index (κ2) is 6.48. The Kier molecular flexibility index (Phi) is 4.67. The van der Waals surface area contributed by atoms with Crippen LogP contribution in [0.5, 0.6) is 0 Å². The quantitative estimate of drug-likeness (QED) is 0.709. The van der Waals surface area contributed by atoms with Gasteiger partial charge in [-0.2, -0.15) is 0 Å². The highest BCUT2D eigenvalue weighted by Gasteiger charge is 2.52. The molecule has 2 N–H and O–H groups in total. The predicted octanol–water partition coefficient (Wildman–Crippen LogP) is 5.40. The van der Waals surface area contributed by atoms with E-state index in [-0.39, 0.29) is 12.2 Å². The summed E-state index contributed by atoms with van der Waals surface area (Å²) >= 11 is 0. The Morgan fingerprint density at radius 3 is 2.62 bits per heavy atom. The van der Waals surface area contributed by atoms with Crippen molar-refractivity contribution in [3.05, 3.63) is 22.8 Å². The van der Waals surface area contributed by atoms with Crippen LogP contribution < -0.4 is 0 Å². The van der Waals surface area contributed by atoms with Crippen molar-refractivity contribution < 1.29 is 10.2 Å².